The molecule has 7 rings (SSSR count). The van der Waals surface area contributed by atoms with Gasteiger partial charge in [-0.15, -0.1) is 0 Å². The highest BCUT2D eigenvalue weighted by atomic mass is 16.4. The minimum absolute atomic E-state index is 0.0258. The third-order valence-corrected chi connectivity index (χ3v) is 17.0. The van der Waals surface area contributed by atoms with Crippen molar-refractivity contribution in [2.75, 3.05) is 18.0 Å². The molecule has 5 aliphatic rings. The number of carboxylic acids is 1. The smallest absolute Gasteiger partial charge is 0.335 e. The normalized spacial score (nSPS) is 36.4. The second kappa shape index (κ2) is 13.9. The zero-order valence-corrected chi connectivity index (χ0v) is 34.2. The Morgan fingerprint density at radius 3 is 2.17 bits per heavy atom. The van der Waals surface area contributed by atoms with Gasteiger partial charge in [0, 0.05) is 24.1 Å². The van der Waals surface area contributed by atoms with Crippen LogP contribution in [0.3, 0.4) is 0 Å². The fourth-order valence-corrected chi connectivity index (χ4v) is 14.4. The summed E-state index contributed by atoms with van der Waals surface area (Å²) < 4.78 is 0. The van der Waals surface area contributed by atoms with E-state index in [1.165, 1.54) is 36.8 Å². The molecule has 5 aliphatic carbocycles. The molecule has 0 amide bonds. The molecule has 5 heteroatoms. The lowest BCUT2D eigenvalue weighted by atomic mass is 9.32. The van der Waals surface area contributed by atoms with Gasteiger partial charge in [-0.2, -0.15) is 0 Å². The summed E-state index contributed by atoms with van der Waals surface area (Å²) in [5.74, 6) is 2.15. The maximum atomic E-state index is 14.8. The third kappa shape index (κ3) is 5.97. The van der Waals surface area contributed by atoms with Crippen LogP contribution in [0.5, 0.6) is 0 Å². The molecule has 9 atom stereocenters. The highest BCUT2D eigenvalue weighted by Gasteiger charge is 2.71. The number of hydrogen-bond acceptors (Lipinski definition) is 4. The number of rotatable bonds is 11. The van der Waals surface area contributed by atoms with Gasteiger partial charge < -0.3 is 10.0 Å². The van der Waals surface area contributed by atoms with Gasteiger partial charge in [-0.05, 0) is 165 Å². The summed E-state index contributed by atoms with van der Waals surface area (Å²) in [7, 11) is 0. The molecule has 4 fully saturated rings. The van der Waals surface area contributed by atoms with Crippen LogP contribution in [0.2, 0.25) is 0 Å². The summed E-state index contributed by atoms with van der Waals surface area (Å²) in [5.41, 5.74) is 5.40. The molecule has 0 saturated heterocycles. The number of benzene rings is 2. The van der Waals surface area contributed by atoms with Crippen LogP contribution in [0.1, 0.15) is 135 Å². The number of hydrogen-bond donors (Lipinski definition) is 1. The second-order valence-corrected chi connectivity index (χ2v) is 19.8. The fraction of sp³-hybridized carbons (Fsp3) is 0.612. The van der Waals surface area contributed by atoms with Crippen LogP contribution in [0.4, 0.5) is 5.69 Å². The number of Topliss-reactive ketones (excluding diaryl/α,β-unsaturated/α-hetero) is 2. The first-order valence-corrected chi connectivity index (χ1v) is 21.0. The molecule has 5 nitrogen and oxygen atoms in total. The SMILES string of the molecule is C=C(C)[C@@H]1CC[C@]2(C(=O)CCCN(CC(C)=O)c3ccccc3)CC[C@]3(C)[C@H](CC[C@@H]4[C@@]5(C)CC=C(c6ccc(C(=O)O)cc6)C(C)(C)[C@@H]5CC[C@]43C)[C@@H]12. The molecule has 54 heavy (non-hydrogen) atoms. The molecule has 0 spiro atoms. The summed E-state index contributed by atoms with van der Waals surface area (Å²) in [6.07, 6.45) is 13.9. The first-order valence-electron chi connectivity index (χ1n) is 21.0. The largest absolute Gasteiger partial charge is 0.478 e. The van der Waals surface area contributed by atoms with E-state index in [0.29, 0.717) is 60.4 Å². The highest BCUT2D eigenvalue weighted by molar-refractivity contribution is 5.88. The van der Waals surface area contributed by atoms with Gasteiger partial charge in [0.1, 0.15) is 11.6 Å². The standard InChI is InChI=1S/C49H65NO4/c1-32(2)37-22-27-49(42(52)15-12-30-50(31-33(3)51)36-13-10-9-11-14-36)29-28-47(7)39(43(37)49)20-21-41-46(6)25-23-38(34-16-18-35(19-17-34)44(53)54)45(4,5)40(46)24-26-48(41,47)8/h9-11,13-14,16-19,23,37,39-41,43H,1,12,15,20-22,24-31H2,2-8H3,(H,53,54)/t37-,39+,40-,41+,43+,46-,47+,48+,49+/m0/s1. The minimum atomic E-state index is -0.880. The number of anilines is 1. The molecule has 1 N–H and O–H groups in total. The number of carbonyl (C=O) groups excluding carboxylic acids is 2. The van der Waals surface area contributed by atoms with E-state index in [1.807, 2.05) is 30.3 Å². The zero-order chi connectivity index (χ0) is 38.8. The lowest BCUT2D eigenvalue weighted by Gasteiger charge is -2.72. The summed E-state index contributed by atoms with van der Waals surface area (Å²) in [5, 5.41) is 9.51. The lowest BCUT2D eigenvalue weighted by Crippen LogP contribution is -2.65. The number of ketones is 2. The van der Waals surface area contributed by atoms with Gasteiger partial charge >= 0.3 is 5.97 Å². The minimum Gasteiger partial charge on any atom is -0.478 e. The van der Waals surface area contributed by atoms with Gasteiger partial charge in [0.05, 0.1) is 12.1 Å². The van der Waals surface area contributed by atoms with Crippen molar-refractivity contribution in [1.29, 1.82) is 0 Å². The predicted octanol–water partition coefficient (Wildman–Crippen LogP) is 11.5. The van der Waals surface area contributed by atoms with E-state index in [9.17, 15) is 19.5 Å². The lowest BCUT2D eigenvalue weighted by molar-refractivity contribution is -0.224. The van der Waals surface area contributed by atoms with Gasteiger partial charge in [-0.1, -0.05) is 83.2 Å². The van der Waals surface area contributed by atoms with E-state index in [4.69, 9.17) is 0 Å². The van der Waals surface area contributed by atoms with Crippen LogP contribution in [0, 0.1) is 56.7 Å². The van der Waals surface area contributed by atoms with Gasteiger partial charge in [0.25, 0.3) is 0 Å². The highest BCUT2D eigenvalue weighted by Crippen LogP contribution is 2.78. The Morgan fingerprint density at radius 2 is 1.52 bits per heavy atom. The molecule has 0 unspecified atom stereocenters. The van der Waals surface area contributed by atoms with Crippen LogP contribution in [0.15, 0.2) is 72.8 Å². The summed E-state index contributed by atoms with van der Waals surface area (Å²) in [6, 6.07) is 17.7. The van der Waals surface area contributed by atoms with E-state index in [-0.39, 0.29) is 32.9 Å². The first kappa shape index (κ1) is 38.8. The van der Waals surface area contributed by atoms with Crippen molar-refractivity contribution in [3.63, 3.8) is 0 Å². The topological polar surface area (TPSA) is 74.7 Å². The van der Waals surface area contributed by atoms with E-state index in [2.05, 4.69) is 71.2 Å². The molecule has 0 heterocycles. The Morgan fingerprint density at radius 1 is 0.815 bits per heavy atom. The van der Waals surface area contributed by atoms with E-state index < -0.39 is 5.97 Å². The van der Waals surface area contributed by atoms with Crippen molar-refractivity contribution in [3.05, 3.63) is 84.0 Å². The number of carboxylic acid groups (broad SMARTS) is 1. The van der Waals surface area contributed by atoms with E-state index >= 15 is 0 Å². The van der Waals surface area contributed by atoms with Crippen molar-refractivity contribution in [2.24, 2.45) is 56.7 Å². The molecule has 2 aromatic carbocycles. The number of fused-ring (bicyclic) bond motifs is 7. The van der Waals surface area contributed by atoms with Gasteiger partial charge in [-0.3, -0.25) is 9.59 Å². The van der Waals surface area contributed by atoms with Gasteiger partial charge in [0.2, 0.25) is 0 Å². The Kier molecular flexibility index (Phi) is 10.0. The predicted molar refractivity (Wildman–Crippen MR) is 219 cm³/mol. The van der Waals surface area contributed by atoms with Crippen LogP contribution >= 0.6 is 0 Å². The molecule has 0 aliphatic heterocycles. The van der Waals surface area contributed by atoms with Crippen LogP contribution in [-0.2, 0) is 9.59 Å². The Labute approximate surface area is 325 Å². The maximum Gasteiger partial charge on any atom is 0.335 e. The van der Waals surface area contributed by atoms with Crippen LogP contribution < -0.4 is 4.90 Å². The van der Waals surface area contributed by atoms with Gasteiger partial charge in [-0.25, -0.2) is 4.79 Å². The molecule has 0 radical (unpaired) electrons. The summed E-state index contributed by atoms with van der Waals surface area (Å²) in [4.78, 5) is 40.8. The van der Waals surface area contributed by atoms with Crippen LogP contribution in [-0.4, -0.2) is 35.7 Å². The molecule has 4 saturated carbocycles. The number of allylic oxidation sites excluding steroid dienone is 3. The second-order valence-electron chi connectivity index (χ2n) is 19.8. The van der Waals surface area contributed by atoms with Crippen molar-refractivity contribution in [2.45, 2.75) is 119 Å². The Balaban J connectivity index is 1.15. The molecular formula is C49H65NO4. The van der Waals surface area contributed by atoms with Crippen molar-refractivity contribution in [1.82, 2.24) is 0 Å². The monoisotopic (exact) mass is 731 g/mol. The number of para-hydroxylation sites is 1. The summed E-state index contributed by atoms with van der Waals surface area (Å²) in [6.45, 7) is 22.3. The quantitative estimate of drug-likeness (QED) is 0.233. The summed E-state index contributed by atoms with van der Waals surface area (Å²) >= 11 is 0. The maximum absolute atomic E-state index is 14.8. The van der Waals surface area contributed by atoms with Gasteiger partial charge in [0.15, 0.2) is 0 Å². The van der Waals surface area contributed by atoms with Crippen LogP contribution in [0.25, 0.3) is 5.57 Å². The number of carbonyl (C=O) groups is 3. The van der Waals surface area contributed by atoms with Crippen molar-refractivity contribution < 1.29 is 19.5 Å². The van der Waals surface area contributed by atoms with Crippen molar-refractivity contribution in [3.8, 4) is 0 Å². The molecule has 290 valence electrons. The number of aromatic carboxylic acids is 1. The average Bonchev–Trinajstić information content (AvgIpc) is 3.53. The zero-order valence-electron chi connectivity index (χ0n) is 34.2. The average molecular weight is 732 g/mol. The van der Waals surface area contributed by atoms with Crippen molar-refractivity contribution >= 4 is 28.8 Å². The molecule has 0 aromatic heterocycles. The first-order chi connectivity index (χ1) is 25.5. The number of nitrogens with zero attached hydrogens (tertiary/aromatic N) is 1. The Hall–Kier alpha value is -3.47. The van der Waals surface area contributed by atoms with E-state index in [1.54, 1.807) is 19.1 Å². The molecule has 0 bridgehead atoms. The molecule has 2 aromatic rings. The van der Waals surface area contributed by atoms with E-state index in [0.717, 1.165) is 49.8 Å². The Bertz CT molecular complexity index is 1820. The molecular weight excluding hydrogens is 667 g/mol. The third-order valence-electron chi connectivity index (χ3n) is 17.0. The fourth-order valence-electron chi connectivity index (χ4n) is 14.4.